The van der Waals surface area contributed by atoms with Crippen molar-refractivity contribution in [3.63, 3.8) is 0 Å². The first-order valence-corrected chi connectivity index (χ1v) is 6.96. The standard InChI is InChI=1S/C16H24N2/c1-14(2)7-5-3-4-6-12-18-16-10-8-15(13-17)9-11-16/h8-11,14,18H,3-7,12H2,1-2H3. The van der Waals surface area contributed by atoms with E-state index in [0.717, 1.165) is 18.2 Å². The first kappa shape index (κ1) is 14.6. The van der Waals surface area contributed by atoms with Crippen LogP contribution in [0.1, 0.15) is 51.5 Å². The van der Waals surface area contributed by atoms with Crippen molar-refractivity contribution in [3.8, 4) is 6.07 Å². The molecule has 0 radical (unpaired) electrons. The smallest absolute Gasteiger partial charge is 0.0991 e. The van der Waals surface area contributed by atoms with Crippen LogP contribution >= 0.6 is 0 Å². The number of hydrogen-bond donors (Lipinski definition) is 1. The molecule has 0 atom stereocenters. The maximum absolute atomic E-state index is 8.69. The second kappa shape index (κ2) is 8.58. The average molecular weight is 244 g/mol. The number of nitrogens with one attached hydrogen (secondary N) is 1. The van der Waals surface area contributed by atoms with Gasteiger partial charge in [0.05, 0.1) is 11.6 Å². The molecule has 0 unspecified atom stereocenters. The molecule has 0 amide bonds. The highest BCUT2D eigenvalue weighted by Gasteiger charge is 1.95. The van der Waals surface area contributed by atoms with Crippen molar-refractivity contribution in [2.45, 2.75) is 46.0 Å². The topological polar surface area (TPSA) is 35.8 Å². The van der Waals surface area contributed by atoms with E-state index in [4.69, 9.17) is 5.26 Å². The lowest BCUT2D eigenvalue weighted by Gasteiger charge is -2.07. The molecule has 1 aromatic carbocycles. The summed E-state index contributed by atoms with van der Waals surface area (Å²) in [6.07, 6.45) is 6.57. The molecule has 0 aromatic heterocycles. The molecule has 0 bridgehead atoms. The largest absolute Gasteiger partial charge is 0.385 e. The van der Waals surface area contributed by atoms with Crippen LogP contribution in [0, 0.1) is 17.2 Å². The lowest BCUT2D eigenvalue weighted by atomic mass is 10.0. The predicted octanol–water partition coefficient (Wildman–Crippen LogP) is 4.58. The van der Waals surface area contributed by atoms with Crippen LogP contribution in [0.25, 0.3) is 0 Å². The molecule has 2 heteroatoms. The average Bonchev–Trinajstić information content (AvgIpc) is 2.38. The molecule has 0 spiro atoms. The van der Waals surface area contributed by atoms with Gasteiger partial charge in [0.2, 0.25) is 0 Å². The quantitative estimate of drug-likeness (QED) is 0.679. The van der Waals surface area contributed by atoms with E-state index in [9.17, 15) is 0 Å². The third-order valence-corrected chi connectivity index (χ3v) is 3.05. The third kappa shape index (κ3) is 6.30. The fourth-order valence-corrected chi connectivity index (χ4v) is 1.93. The molecule has 18 heavy (non-hydrogen) atoms. The highest BCUT2D eigenvalue weighted by Crippen LogP contribution is 2.11. The molecule has 0 saturated carbocycles. The monoisotopic (exact) mass is 244 g/mol. The van der Waals surface area contributed by atoms with Gasteiger partial charge in [-0.05, 0) is 36.6 Å². The molecule has 1 aromatic rings. The summed E-state index contributed by atoms with van der Waals surface area (Å²) in [5.41, 5.74) is 1.82. The number of rotatable bonds is 8. The minimum Gasteiger partial charge on any atom is -0.385 e. The van der Waals surface area contributed by atoms with Crippen LogP contribution in [0.2, 0.25) is 0 Å². The van der Waals surface area contributed by atoms with E-state index in [1.807, 2.05) is 24.3 Å². The highest BCUT2D eigenvalue weighted by molar-refractivity contribution is 5.46. The van der Waals surface area contributed by atoms with E-state index in [0.29, 0.717) is 5.56 Å². The third-order valence-electron chi connectivity index (χ3n) is 3.05. The molecule has 0 heterocycles. The normalized spacial score (nSPS) is 10.3. The van der Waals surface area contributed by atoms with Gasteiger partial charge in [-0.15, -0.1) is 0 Å². The summed E-state index contributed by atoms with van der Waals surface area (Å²) in [5, 5.41) is 12.1. The summed E-state index contributed by atoms with van der Waals surface area (Å²) in [4.78, 5) is 0. The van der Waals surface area contributed by atoms with Crippen LogP contribution in [-0.4, -0.2) is 6.54 Å². The maximum atomic E-state index is 8.69. The lowest BCUT2D eigenvalue weighted by molar-refractivity contribution is 0.523. The van der Waals surface area contributed by atoms with Crippen molar-refractivity contribution in [2.24, 2.45) is 5.92 Å². The van der Waals surface area contributed by atoms with Crippen LogP contribution in [0.15, 0.2) is 24.3 Å². The van der Waals surface area contributed by atoms with Crippen molar-refractivity contribution < 1.29 is 0 Å². The van der Waals surface area contributed by atoms with E-state index in [-0.39, 0.29) is 0 Å². The van der Waals surface area contributed by atoms with E-state index in [1.54, 1.807) is 0 Å². The van der Waals surface area contributed by atoms with Gasteiger partial charge in [-0.1, -0.05) is 39.5 Å². The molecular formula is C16H24N2. The maximum Gasteiger partial charge on any atom is 0.0991 e. The zero-order valence-corrected chi connectivity index (χ0v) is 11.6. The zero-order valence-electron chi connectivity index (χ0n) is 11.6. The van der Waals surface area contributed by atoms with Crippen LogP contribution in [0.4, 0.5) is 5.69 Å². The molecule has 0 fully saturated rings. The second-order valence-electron chi connectivity index (χ2n) is 5.21. The van der Waals surface area contributed by atoms with Gasteiger partial charge in [-0.25, -0.2) is 0 Å². The van der Waals surface area contributed by atoms with Crippen molar-refractivity contribution in [3.05, 3.63) is 29.8 Å². The highest BCUT2D eigenvalue weighted by atomic mass is 14.9. The van der Waals surface area contributed by atoms with Gasteiger partial charge < -0.3 is 5.32 Å². The Balaban J connectivity index is 2.05. The number of hydrogen-bond acceptors (Lipinski definition) is 2. The Kier molecular flexibility index (Phi) is 6.94. The Bertz CT molecular complexity index is 360. The van der Waals surface area contributed by atoms with Crippen molar-refractivity contribution in [2.75, 3.05) is 11.9 Å². The minimum atomic E-state index is 0.717. The summed E-state index contributed by atoms with van der Waals surface area (Å²) in [6.45, 7) is 5.59. The SMILES string of the molecule is CC(C)CCCCCCNc1ccc(C#N)cc1. The molecule has 0 aliphatic rings. The second-order valence-corrected chi connectivity index (χ2v) is 5.21. The van der Waals surface area contributed by atoms with Crippen LogP contribution in [-0.2, 0) is 0 Å². The zero-order chi connectivity index (χ0) is 13.2. The van der Waals surface area contributed by atoms with Gasteiger partial charge in [0.15, 0.2) is 0 Å². The number of nitriles is 1. The molecular weight excluding hydrogens is 220 g/mol. The Morgan fingerprint density at radius 3 is 2.33 bits per heavy atom. The minimum absolute atomic E-state index is 0.717. The van der Waals surface area contributed by atoms with E-state index < -0.39 is 0 Å². The van der Waals surface area contributed by atoms with Crippen LogP contribution in [0.3, 0.4) is 0 Å². The van der Waals surface area contributed by atoms with Gasteiger partial charge in [0, 0.05) is 12.2 Å². The van der Waals surface area contributed by atoms with Crippen molar-refractivity contribution in [1.29, 1.82) is 5.26 Å². The van der Waals surface area contributed by atoms with E-state index in [2.05, 4.69) is 25.2 Å². The fourth-order valence-electron chi connectivity index (χ4n) is 1.93. The van der Waals surface area contributed by atoms with Gasteiger partial charge in [0.25, 0.3) is 0 Å². The lowest BCUT2D eigenvalue weighted by Crippen LogP contribution is -2.01. The van der Waals surface area contributed by atoms with Crippen molar-refractivity contribution >= 4 is 5.69 Å². The van der Waals surface area contributed by atoms with Crippen LogP contribution in [0.5, 0.6) is 0 Å². The van der Waals surface area contributed by atoms with Gasteiger partial charge >= 0.3 is 0 Å². The van der Waals surface area contributed by atoms with Crippen LogP contribution < -0.4 is 5.32 Å². The van der Waals surface area contributed by atoms with Crippen molar-refractivity contribution in [1.82, 2.24) is 0 Å². The van der Waals surface area contributed by atoms with E-state index >= 15 is 0 Å². The first-order valence-electron chi connectivity index (χ1n) is 6.96. The molecule has 2 nitrogen and oxygen atoms in total. The molecule has 0 aliphatic heterocycles. The van der Waals surface area contributed by atoms with Gasteiger partial charge in [0.1, 0.15) is 0 Å². The molecule has 1 rings (SSSR count). The predicted molar refractivity (Wildman–Crippen MR) is 77.6 cm³/mol. The summed E-state index contributed by atoms with van der Waals surface area (Å²) in [5.74, 6) is 0.835. The Labute approximate surface area is 111 Å². The van der Waals surface area contributed by atoms with Gasteiger partial charge in [-0.3, -0.25) is 0 Å². The molecule has 98 valence electrons. The number of benzene rings is 1. The summed E-state index contributed by atoms with van der Waals surface area (Å²) >= 11 is 0. The van der Waals surface area contributed by atoms with E-state index in [1.165, 1.54) is 32.1 Å². The number of unbranched alkanes of at least 4 members (excludes halogenated alkanes) is 3. The Morgan fingerprint density at radius 2 is 1.72 bits per heavy atom. The first-order chi connectivity index (χ1) is 8.72. The number of nitrogens with zero attached hydrogens (tertiary/aromatic N) is 1. The Hall–Kier alpha value is -1.49. The summed E-state index contributed by atoms with van der Waals surface area (Å²) < 4.78 is 0. The molecule has 1 N–H and O–H groups in total. The Morgan fingerprint density at radius 1 is 1.06 bits per heavy atom. The number of anilines is 1. The van der Waals surface area contributed by atoms with Gasteiger partial charge in [-0.2, -0.15) is 5.26 Å². The summed E-state index contributed by atoms with van der Waals surface area (Å²) in [7, 11) is 0. The molecule has 0 saturated heterocycles. The summed E-state index contributed by atoms with van der Waals surface area (Å²) in [6, 6.07) is 9.77. The molecule has 0 aliphatic carbocycles. The fraction of sp³-hybridized carbons (Fsp3) is 0.562.